The van der Waals surface area contributed by atoms with Gasteiger partial charge < -0.3 is 9.47 Å². The topological polar surface area (TPSA) is 35.5 Å². The number of carbonyl (C=O) groups excluding carboxylic acids is 1. The zero-order valence-electron chi connectivity index (χ0n) is 12.6. The Morgan fingerprint density at radius 1 is 0.913 bits per heavy atom. The van der Waals surface area contributed by atoms with Crippen molar-refractivity contribution in [3.63, 3.8) is 0 Å². The predicted molar refractivity (Wildman–Crippen MR) is 89.5 cm³/mol. The zero-order valence-corrected chi connectivity index (χ0v) is 12.6. The van der Waals surface area contributed by atoms with E-state index in [9.17, 15) is 4.79 Å². The summed E-state index contributed by atoms with van der Waals surface area (Å²) in [7, 11) is 1.55. The minimum absolute atomic E-state index is 0.360. The summed E-state index contributed by atoms with van der Waals surface area (Å²) in [6.07, 6.45) is 0. The van der Waals surface area contributed by atoms with Crippen LogP contribution in [-0.4, -0.2) is 13.1 Å². The maximum absolute atomic E-state index is 11.9. The lowest BCUT2D eigenvalue weighted by Gasteiger charge is -2.10. The Bertz CT molecular complexity index is 902. The number of benzene rings is 3. The van der Waals surface area contributed by atoms with E-state index in [2.05, 4.69) is 11.8 Å². The van der Waals surface area contributed by atoms with E-state index in [1.807, 2.05) is 60.7 Å². The van der Waals surface area contributed by atoms with Gasteiger partial charge in [-0.25, -0.2) is 4.79 Å². The van der Waals surface area contributed by atoms with Crippen molar-refractivity contribution in [1.29, 1.82) is 0 Å². The van der Waals surface area contributed by atoms with E-state index in [4.69, 9.17) is 9.47 Å². The summed E-state index contributed by atoms with van der Waals surface area (Å²) in [6, 6.07) is 20.6. The molecule has 0 heterocycles. The highest BCUT2D eigenvalue weighted by molar-refractivity contribution is 5.94. The summed E-state index contributed by atoms with van der Waals surface area (Å²) >= 11 is 0. The SMILES string of the molecule is COc1c(OC(=O)C#Cc2ccccc2)ccc2ccccc12. The maximum Gasteiger partial charge on any atom is 0.390 e. The standard InChI is InChI=1S/C20H14O3/c1-22-20-17-10-6-5-9-16(17)12-13-18(20)23-19(21)14-11-15-7-3-2-4-8-15/h2-10,12-13H,1H3. The van der Waals surface area contributed by atoms with Crippen molar-refractivity contribution in [2.45, 2.75) is 0 Å². The molecule has 0 N–H and O–H groups in total. The molecule has 0 atom stereocenters. The molecule has 0 bridgehead atoms. The number of rotatable bonds is 2. The molecule has 112 valence electrons. The molecule has 0 aliphatic rings. The second-order valence-corrected chi connectivity index (χ2v) is 4.82. The van der Waals surface area contributed by atoms with Gasteiger partial charge >= 0.3 is 5.97 Å². The molecule has 0 saturated carbocycles. The van der Waals surface area contributed by atoms with Crippen LogP contribution >= 0.6 is 0 Å². The lowest BCUT2D eigenvalue weighted by Crippen LogP contribution is -2.06. The Morgan fingerprint density at radius 2 is 1.65 bits per heavy atom. The van der Waals surface area contributed by atoms with Crippen molar-refractivity contribution in [2.24, 2.45) is 0 Å². The number of carbonyl (C=O) groups is 1. The normalized spacial score (nSPS) is 9.78. The van der Waals surface area contributed by atoms with Gasteiger partial charge in [-0.05, 0) is 23.6 Å². The van der Waals surface area contributed by atoms with Crippen molar-refractivity contribution in [1.82, 2.24) is 0 Å². The number of methoxy groups -OCH3 is 1. The van der Waals surface area contributed by atoms with Gasteiger partial charge in [-0.3, -0.25) is 0 Å². The molecule has 0 aliphatic carbocycles. The molecule has 3 aromatic carbocycles. The maximum atomic E-state index is 11.9. The van der Waals surface area contributed by atoms with Crippen LogP contribution in [0.25, 0.3) is 10.8 Å². The van der Waals surface area contributed by atoms with E-state index in [0.717, 1.165) is 16.3 Å². The molecule has 3 rings (SSSR count). The third-order valence-electron chi connectivity index (χ3n) is 3.33. The predicted octanol–water partition coefficient (Wildman–Crippen LogP) is 3.81. The van der Waals surface area contributed by atoms with Crippen molar-refractivity contribution in [3.8, 4) is 23.3 Å². The summed E-state index contributed by atoms with van der Waals surface area (Å²) in [6.45, 7) is 0. The van der Waals surface area contributed by atoms with Gasteiger partial charge in [0.05, 0.1) is 7.11 Å². The smallest absolute Gasteiger partial charge is 0.390 e. The molecule has 3 heteroatoms. The zero-order chi connectivity index (χ0) is 16.1. The molecular weight excluding hydrogens is 288 g/mol. The van der Waals surface area contributed by atoms with Crippen LogP contribution in [-0.2, 0) is 4.79 Å². The highest BCUT2D eigenvalue weighted by Gasteiger charge is 2.11. The average Bonchev–Trinajstić information content (AvgIpc) is 2.60. The van der Waals surface area contributed by atoms with Gasteiger partial charge in [0, 0.05) is 16.9 Å². The number of ether oxygens (including phenoxy) is 2. The third-order valence-corrected chi connectivity index (χ3v) is 3.33. The summed E-state index contributed by atoms with van der Waals surface area (Å²) in [5.74, 6) is 5.52. The summed E-state index contributed by atoms with van der Waals surface area (Å²) in [4.78, 5) is 11.9. The van der Waals surface area contributed by atoms with Gasteiger partial charge in [0.1, 0.15) is 0 Å². The number of fused-ring (bicyclic) bond motifs is 1. The van der Waals surface area contributed by atoms with Crippen molar-refractivity contribution >= 4 is 16.7 Å². The van der Waals surface area contributed by atoms with Crippen LogP contribution in [0.4, 0.5) is 0 Å². The fourth-order valence-electron chi connectivity index (χ4n) is 2.28. The van der Waals surface area contributed by atoms with E-state index < -0.39 is 5.97 Å². The Hall–Kier alpha value is -3.25. The van der Waals surface area contributed by atoms with Crippen LogP contribution in [0, 0.1) is 11.8 Å². The van der Waals surface area contributed by atoms with Gasteiger partial charge in [0.25, 0.3) is 0 Å². The van der Waals surface area contributed by atoms with E-state index in [1.54, 1.807) is 13.2 Å². The third kappa shape index (κ3) is 3.33. The molecule has 23 heavy (non-hydrogen) atoms. The first-order valence-electron chi connectivity index (χ1n) is 7.12. The molecule has 3 aromatic rings. The minimum Gasteiger partial charge on any atom is -0.492 e. The highest BCUT2D eigenvalue weighted by Crippen LogP contribution is 2.35. The second kappa shape index (κ2) is 6.67. The fraction of sp³-hybridized carbons (Fsp3) is 0.0500. The number of hydrogen-bond acceptors (Lipinski definition) is 3. The number of hydrogen-bond donors (Lipinski definition) is 0. The Labute approximate surface area is 134 Å². The quantitative estimate of drug-likeness (QED) is 0.410. The summed E-state index contributed by atoms with van der Waals surface area (Å²) in [5, 5.41) is 1.90. The van der Waals surface area contributed by atoms with Crippen molar-refractivity contribution < 1.29 is 14.3 Å². The van der Waals surface area contributed by atoms with E-state index in [1.165, 1.54) is 0 Å². The van der Waals surface area contributed by atoms with Crippen LogP contribution in [0.15, 0.2) is 66.7 Å². The summed E-state index contributed by atoms with van der Waals surface area (Å²) < 4.78 is 10.7. The average molecular weight is 302 g/mol. The Balaban J connectivity index is 1.87. The second-order valence-electron chi connectivity index (χ2n) is 4.82. The largest absolute Gasteiger partial charge is 0.492 e. The van der Waals surface area contributed by atoms with Crippen LogP contribution in [0.2, 0.25) is 0 Å². The first kappa shape index (κ1) is 14.7. The minimum atomic E-state index is -0.623. The monoisotopic (exact) mass is 302 g/mol. The van der Waals surface area contributed by atoms with E-state index in [-0.39, 0.29) is 0 Å². The van der Waals surface area contributed by atoms with Gasteiger partial charge in [-0.2, -0.15) is 0 Å². The summed E-state index contributed by atoms with van der Waals surface area (Å²) in [5.41, 5.74) is 0.759. The van der Waals surface area contributed by atoms with E-state index in [0.29, 0.717) is 11.5 Å². The molecule has 0 unspecified atom stereocenters. The molecule has 0 aliphatic heterocycles. The van der Waals surface area contributed by atoms with Gasteiger partial charge in [-0.1, -0.05) is 54.5 Å². The molecule has 0 spiro atoms. The molecular formula is C20H14O3. The molecule has 0 radical (unpaired) electrons. The molecule has 0 fully saturated rings. The van der Waals surface area contributed by atoms with Crippen LogP contribution in [0.5, 0.6) is 11.5 Å². The van der Waals surface area contributed by atoms with E-state index >= 15 is 0 Å². The lowest BCUT2D eigenvalue weighted by atomic mass is 10.1. The first-order chi connectivity index (χ1) is 11.3. The molecule has 0 saturated heterocycles. The first-order valence-corrected chi connectivity index (χ1v) is 7.12. The highest BCUT2D eigenvalue weighted by atomic mass is 16.6. The van der Waals surface area contributed by atoms with Crippen molar-refractivity contribution in [2.75, 3.05) is 7.11 Å². The lowest BCUT2D eigenvalue weighted by molar-refractivity contribution is -0.128. The fourth-order valence-corrected chi connectivity index (χ4v) is 2.28. The number of esters is 1. The van der Waals surface area contributed by atoms with Crippen LogP contribution < -0.4 is 9.47 Å². The molecule has 0 amide bonds. The Kier molecular flexibility index (Phi) is 4.26. The van der Waals surface area contributed by atoms with Crippen LogP contribution in [0.3, 0.4) is 0 Å². The van der Waals surface area contributed by atoms with Gasteiger partial charge in [0.15, 0.2) is 11.5 Å². The van der Waals surface area contributed by atoms with Gasteiger partial charge in [0.2, 0.25) is 0 Å². The Morgan fingerprint density at radius 3 is 2.43 bits per heavy atom. The molecule has 3 nitrogen and oxygen atoms in total. The van der Waals surface area contributed by atoms with Crippen molar-refractivity contribution in [3.05, 3.63) is 72.3 Å². The molecule has 0 aromatic heterocycles. The van der Waals surface area contributed by atoms with Gasteiger partial charge in [-0.15, -0.1) is 0 Å². The van der Waals surface area contributed by atoms with Crippen LogP contribution in [0.1, 0.15) is 5.56 Å².